The Morgan fingerprint density at radius 3 is 2.67 bits per heavy atom. The number of carbonyl (C=O) groups excluding carboxylic acids is 2. The van der Waals surface area contributed by atoms with Crippen LogP contribution in [0.1, 0.15) is 15.2 Å². The van der Waals surface area contributed by atoms with Crippen molar-refractivity contribution in [3.05, 3.63) is 50.1 Å². The van der Waals surface area contributed by atoms with Crippen LogP contribution in [0.15, 0.2) is 30.3 Å². The Kier molecular flexibility index (Phi) is 5.22. The first-order valence-electron chi connectivity index (χ1n) is 5.94. The highest BCUT2D eigenvalue weighted by atomic mass is 35.5. The molecule has 0 saturated carbocycles. The molecular weight excluding hydrogens is 333 g/mol. The van der Waals surface area contributed by atoms with Gasteiger partial charge in [0.2, 0.25) is 0 Å². The Labute approximate surface area is 135 Å². The summed E-state index contributed by atoms with van der Waals surface area (Å²) in [4.78, 5) is 23.8. The summed E-state index contributed by atoms with van der Waals surface area (Å²) in [6.45, 7) is 1.46. The molecule has 1 heterocycles. The minimum Gasteiger partial charge on any atom is -0.451 e. The average molecular weight is 344 g/mol. The summed E-state index contributed by atoms with van der Waals surface area (Å²) in [5, 5.41) is 3.15. The minimum atomic E-state index is -0.579. The number of thiophene rings is 1. The van der Waals surface area contributed by atoms with Gasteiger partial charge in [-0.1, -0.05) is 29.3 Å². The Morgan fingerprint density at radius 2 is 2.00 bits per heavy atom. The Balaban J connectivity index is 1.90. The molecule has 7 heteroatoms. The van der Waals surface area contributed by atoms with Crippen molar-refractivity contribution >= 4 is 52.1 Å². The first-order valence-corrected chi connectivity index (χ1v) is 7.51. The van der Waals surface area contributed by atoms with E-state index in [4.69, 9.17) is 27.9 Å². The highest BCUT2D eigenvalue weighted by Gasteiger charge is 2.13. The second-order valence-electron chi connectivity index (χ2n) is 4.19. The number of ether oxygens (including phenoxy) is 1. The maximum absolute atomic E-state index is 11.8. The van der Waals surface area contributed by atoms with Crippen LogP contribution in [0.2, 0.25) is 9.36 Å². The van der Waals surface area contributed by atoms with Crippen LogP contribution in [0.4, 0.5) is 5.69 Å². The van der Waals surface area contributed by atoms with Gasteiger partial charge in [0, 0.05) is 10.7 Å². The molecule has 1 N–H and O–H groups in total. The minimum absolute atomic E-state index is 0.353. The van der Waals surface area contributed by atoms with Crippen molar-refractivity contribution in [3.63, 3.8) is 0 Å². The van der Waals surface area contributed by atoms with Crippen LogP contribution >= 0.6 is 34.5 Å². The lowest BCUT2D eigenvalue weighted by atomic mass is 10.2. The quantitative estimate of drug-likeness (QED) is 0.848. The van der Waals surface area contributed by atoms with Gasteiger partial charge < -0.3 is 10.1 Å². The molecule has 21 heavy (non-hydrogen) atoms. The van der Waals surface area contributed by atoms with Gasteiger partial charge in [-0.3, -0.25) is 4.79 Å². The van der Waals surface area contributed by atoms with Crippen molar-refractivity contribution in [2.24, 2.45) is 0 Å². The molecule has 0 unspecified atom stereocenters. The van der Waals surface area contributed by atoms with Crippen molar-refractivity contribution < 1.29 is 14.3 Å². The summed E-state index contributed by atoms with van der Waals surface area (Å²) in [6, 6.07) is 8.30. The third-order valence-corrected chi connectivity index (χ3v) is 4.03. The number of hydrogen-bond donors (Lipinski definition) is 1. The van der Waals surface area contributed by atoms with Crippen molar-refractivity contribution in [2.45, 2.75) is 6.92 Å². The van der Waals surface area contributed by atoms with Crippen LogP contribution in [0, 0.1) is 6.92 Å². The number of esters is 1. The number of anilines is 1. The van der Waals surface area contributed by atoms with Crippen LogP contribution in [0.3, 0.4) is 0 Å². The van der Waals surface area contributed by atoms with Crippen LogP contribution in [-0.2, 0) is 9.53 Å². The van der Waals surface area contributed by atoms with Gasteiger partial charge in [-0.05, 0) is 36.8 Å². The summed E-state index contributed by atoms with van der Waals surface area (Å²) in [5.74, 6) is -1.01. The van der Waals surface area contributed by atoms with E-state index in [1.165, 1.54) is 0 Å². The summed E-state index contributed by atoms with van der Waals surface area (Å²) < 4.78 is 5.40. The summed E-state index contributed by atoms with van der Waals surface area (Å²) >= 11 is 12.7. The summed E-state index contributed by atoms with van der Waals surface area (Å²) in [7, 11) is 0. The van der Waals surface area contributed by atoms with Crippen molar-refractivity contribution in [1.29, 1.82) is 0 Å². The first kappa shape index (κ1) is 15.8. The van der Waals surface area contributed by atoms with E-state index in [9.17, 15) is 9.59 Å². The fraction of sp³-hybridized carbons (Fsp3) is 0.143. The van der Waals surface area contributed by atoms with Gasteiger partial charge in [0.25, 0.3) is 5.91 Å². The molecule has 2 aromatic rings. The zero-order valence-electron chi connectivity index (χ0n) is 11.0. The molecule has 110 valence electrons. The molecule has 0 aliphatic heterocycles. The van der Waals surface area contributed by atoms with Gasteiger partial charge in [0.15, 0.2) is 6.61 Å². The normalized spacial score (nSPS) is 10.2. The van der Waals surface area contributed by atoms with Crippen LogP contribution in [0.25, 0.3) is 0 Å². The van der Waals surface area contributed by atoms with Crippen LogP contribution in [0.5, 0.6) is 0 Å². The summed E-state index contributed by atoms with van der Waals surface area (Å²) in [5.41, 5.74) is 1.45. The lowest BCUT2D eigenvalue weighted by Gasteiger charge is -2.09. The van der Waals surface area contributed by atoms with E-state index in [0.717, 1.165) is 16.9 Å². The number of carbonyl (C=O) groups is 2. The molecule has 0 aliphatic rings. The molecule has 1 aromatic heterocycles. The van der Waals surface area contributed by atoms with E-state index < -0.39 is 11.9 Å². The fourth-order valence-electron chi connectivity index (χ4n) is 1.54. The number of hydrogen-bond acceptors (Lipinski definition) is 4. The average Bonchev–Trinajstić information content (AvgIpc) is 2.87. The lowest BCUT2D eigenvalue weighted by Crippen LogP contribution is -2.21. The van der Waals surface area contributed by atoms with E-state index in [0.29, 0.717) is 19.9 Å². The molecule has 1 aromatic carbocycles. The zero-order chi connectivity index (χ0) is 15.4. The Bertz CT molecular complexity index is 685. The van der Waals surface area contributed by atoms with Gasteiger partial charge in [-0.15, -0.1) is 11.3 Å². The third kappa shape index (κ3) is 4.46. The fourth-order valence-corrected chi connectivity index (χ4v) is 2.65. The molecular formula is C14H11Cl2NO3S. The largest absolute Gasteiger partial charge is 0.451 e. The number of benzene rings is 1. The lowest BCUT2D eigenvalue weighted by molar-refractivity contribution is -0.119. The van der Waals surface area contributed by atoms with Gasteiger partial charge in [-0.2, -0.15) is 0 Å². The van der Waals surface area contributed by atoms with Crippen molar-refractivity contribution in [3.8, 4) is 0 Å². The zero-order valence-corrected chi connectivity index (χ0v) is 13.3. The number of nitrogens with one attached hydrogen (secondary N) is 1. The highest BCUT2D eigenvalue weighted by Crippen LogP contribution is 2.22. The van der Waals surface area contributed by atoms with Gasteiger partial charge in [0.1, 0.15) is 4.88 Å². The van der Waals surface area contributed by atoms with Crippen LogP contribution < -0.4 is 5.32 Å². The number of halogens is 2. The molecule has 0 fully saturated rings. The van der Waals surface area contributed by atoms with Crippen molar-refractivity contribution in [1.82, 2.24) is 0 Å². The Morgan fingerprint density at radius 1 is 1.24 bits per heavy atom. The molecule has 0 atom stereocenters. The highest BCUT2D eigenvalue weighted by molar-refractivity contribution is 7.17. The number of amides is 1. The molecule has 4 nitrogen and oxygen atoms in total. The monoisotopic (exact) mass is 343 g/mol. The van der Waals surface area contributed by atoms with E-state index >= 15 is 0 Å². The third-order valence-electron chi connectivity index (χ3n) is 2.58. The second-order valence-corrected chi connectivity index (χ2v) is 6.34. The second kappa shape index (κ2) is 6.93. The molecule has 0 saturated heterocycles. The predicted octanol–water partition coefficient (Wildman–Crippen LogP) is 4.16. The SMILES string of the molecule is Cc1ccc(Cl)cc1NC(=O)COC(=O)c1ccc(Cl)s1. The predicted molar refractivity (Wildman–Crippen MR) is 84.4 cm³/mol. The first-order chi connectivity index (χ1) is 9.95. The smallest absolute Gasteiger partial charge is 0.348 e. The summed E-state index contributed by atoms with van der Waals surface area (Å²) in [6.07, 6.45) is 0. The maximum Gasteiger partial charge on any atom is 0.348 e. The van der Waals surface area contributed by atoms with Crippen LogP contribution in [-0.4, -0.2) is 18.5 Å². The van der Waals surface area contributed by atoms with E-state index in [1.807, 2.05) is 6.92 Å². The maximum atomic E-state index is 11.8. The van der Waals surface area contributed by atoms with E-state index in [2.05, 4.69) is 5.32 Å². The molecule has 0 radical (unpaired) electrons. The van der Waals surface area contributed by atoms with Gasteiger partial charge in [-0.25, -0.2) is 4.79 Å². The van der Waals surface area contributed by atoms with Gasteiger partial charge in [0.05, 0.1) is 4.34 Å². The van der Waals surface area contributed by atoms with E-state index in [-0.39, 0.29) is 6.61 Å². The Hall–Kier alpha value is -1.56. The molecule has 0 spiro atoms. The number of aryl methyl sites for hydroxylation is 1. The van der Waals surface area contributed by atoms with Gasteiger partial charge >= 0.3 is 5.97 Å². The number of rotatable bonds is 4. The molecule has 1 amide bonds. The molecule has 2 rings (SSSR count). The van der Waals surface area contributed by atoms with Crippen molar-refractivity contribution in [2.75, 3.05) is 11.9 Å². The molecule has 0 bridgehead atoms. The standard InChI is InChI=1S/C14H11Cl2NO3S/c1-8-2-3-9(15)6-10(8)17-13(18)7-20-14(19)11-4-5-12(16)21-11/h2-6H,7H2,1H3,(H,17,18). The molecule has 0 aliphatic carbocycles. The van der Waals surface area contributed by atoms with E-state index in [1.54, 1.807) is 30.3 Å². The topological polar surface area (TPSA) is 55.4 Å².